The molecule has 2 aromatic carbocycles. The number of fused-ring (bicyclic) bond motifs is 1. The lowest BCUT2D eigenvalue weighted by molar-refractivity contribution is 0.458. The van der Waals surface area contributed by atoms with Crippen molar-refractivity contribution in [3.8, 4) is 22.4 Å². The highest BCUT2D eigenvalue weighted by atomic mass is 15.4. The Kier molecular flexibility index (Phi) is 3.40. The zero-order valence-corrected chi connectivity index (χ0v) is 14.0. The first kappa shape index (κ1) is 14.5. The molecule has 1 N–H and O–H groups in total. The van der Waals surface area contributed by atoms with Crippen LogP contribution in [-0.2, 0) is 0 Å². The second-order valence-electron chi connectivity index (χ2n) is 6.86. The Morgan fingerprint density at radius 1 is 0.880 bits per heavy atom. The maximum absolute atomic E-state index is 4.35. The Morgan fingerprint density at radius 2 is 1.64 bits per heavy atom. The van der Waals surface area contributed by atoms with Gasteiger partial charge in [0.2, 0.25) is 0 Å². The molecule has 0 spiro atoms. The Balaban J connectivity index is 1.48. The van der Waals surface area contributed by atoms with E-state index in [1.807, 2.05) is 12.4 Å². The van der Waals surface area contributed by atoms with Crippen LogP contribution in [-0.4, -0.2) is 20.0 Å². The third-order valence-electron chi connectivity index (χ3n) is 5.31. The second kappa shape index (κ2) is 5.88. The van der Waals surface area contributed by atoms with E-state index >= 15 is 0 Å². The molecule has 0 radical (unpaired) electrons. The van der Waals surface area contributed by atoms with Gasteiger partial charge in [0, 0.05) is 17.3 Å². The molecule has 1 aliphatic rings. The fourth-order valence-corrected chi connectivity index (χ4v) is 3.93. The van der Waals surface area contributed by atoms with Crippen LogP contribution in [0.25, 0.3) is 33.3 Å². The van der Waals surface area contributed by atoms with E-state index in [1.54, 1.807) is 0 Å². The Labute approximate surface area is 146 Å². The minimum atomic E-state index is 0.507. The molecular formula is C21H20N4. The molecule has 4 aromatic rings. The van der Waals surface area contributed by atoms with Gasteiger partial charge in [-0.3, -0.25) is 0 Å². The van der Waals surface area contributed by atoms with Crippen LogP contribution >= 0.6 is 0 Å². The Bertz CT molecular complexity index is 1000. The van der Waals surface area contributed by atoms with Crippen molar-refractivity contribution >= 4 is 10.9 Å². The topological polar surface area (TPSA) is 46.5 Å². The molecule has 0 aliphatic heterocycles. The van der Waals surface area contributed by atoms with Gasteiger partial charge in [0.1, 0.15) is 0 Å². The van der Waals surface area contributed by atoms with Crippen molar-refractivity contribution in [2.75, 3.05) is 0 Å². The molecular weight excluding hydrogens is 308 g/mol. The van der Waals surface area contributed by atoms with Crippen LogP contribution in [0.5, 0.6) is 0 Å². The molecule has 4 heteroatoms. The maximum Gasteiger partial charge on any atom is 0.0888 e. The average Bonchev–Trinajstić information content (AvgIpc) is 3.41. The zero-order valence-electron chi connectivity index (χ0n) is 14.0. The Morgan fingerprint density at radius 3 is 2.48 bits per heavy atom. The summed E-state index contributed by atoms with van der Waals surface area (Å²) < 4.78 is 2.12. The van der Waals surface area contributed by atoms with Crippen molar-refractivity contribution < 1.29 is 0 Å². The van der Waals surface area contributed by atoms with Crippen molar-refractivity contribution in [2.24, 2.45) is 0 Å². The van der Waals surface area contributed by atoms with E-state index in [2.05, 4.69) is 68.5 Å². The number of aromatic nitrogens is 4. The van der Waals surface area contributed by atoms with Gasteiger partial charge in [-0.05, 0) is 41.5 Å². The van der Waals surface area contributed by atoms with Gasteiger partial charge in [0.15, 0.2) is 0 Å². The number of rotatable bonds is 3. The largest absolute Gasteiger partial charge is 0.361 e. The molecule has 4 nitrogen and oxygen atoms in total. The highest BCUT2D eigenvalue weighted by Gasteiger charge is 2.20. The fourth-order valence-electron chi connectivity index (χ4n) is 3.93. The first-order chi connectivity index (χ1) is 12.4. The molecule has 25 heavy (non-hydrogen) atoms. The minimum Gasteiger partial charge on any atom is -0.361 e. The summed E-state index contributed by atoms with van der Waals surface area (Å²) >= 11 is 0. The standard InChI is InChI=1S/C21H20N4/c1-2-4-19(3-1)25-21(14-23-24-25)17-8-5-15(6-9-17)18-10-7-16-11-12-22-20(16)13-18/h5-14,19,22H,1-4H2. The van der Waals surface area contributed by atoms with Gasteiger partial charge < -0.3 is 4.98 Å². The number of nitrogens with one attached hydrogen (secondary N) is 1. The van der Waals surface area contributed by atoms with Gasteiger partial charge in [0.05, 0.1) is 17.9 Å². The summed E-state index contributed by atoms with van der Waals surface area (Å²) in [6.45, 7) is 0. The molecule has 0 amide bonds. The van der Waals surface area contributed by atoms with Crippen LogP contribution in [0.4, 0.5) is 0 Å². The van der Waals surface area contributed by atoms with Crippen molar-refractivity contribution in [2.45, 2.75) is 31.7 Å². The molecule has 0 atom stereocenters. The second-order valence-corrected chi connectivity index (χ2v) is 6.86. The lowest BCUT2D eigenvalue weighted by Crippen LogP contribution is -2.08. The first-order valence-electron chi connectivity index (χ1n) is 8.97. The van der Waals surface area contributed by atoms with Gasteiger partial charge in [0.25, 0.3) is 0 Å². The molecule has 2 heterocycles. The zero-order chi connectivity index (χ0) is 16.6. The summed E-state index contributed by atoms with van der Waals surface area (Å²) in [5.41, 5.74) is 5.93. The van der Waals surface area contributed by atoms with Crippen molar-refractivity contribution in [3.05, 3.63) is 60.9 Å². The van der Waals surface area contributed by atoms with E-state index in [0.717, 1.165) is 5.69 Å². The molecule has 0 bridgehead atoms. The fraction of sp³-hybridized carbons (Fsp3) is 0.238. The van der Waals surface area contributed by atoms with Gasteiger partial charge in [-0.15, -0.1) is 5.10 Å². The lowest BCUT2D eigenvalue weighted by atomic mass is 10.0. The van der Waals surface area contributed by atoms with Crippen LogP contribution < -0.4 is 0 Å². The molecule has 1 saturated carbocycles. The molecule has 124 valence electrons. The summed E-state index contributed by atoms with van der Waals surface area (Å²) in [6.07, 6.45) is 8.89. The van der Waals surface area contributed by atoms with Crippen LogP contribution in [0.1, 0.15) is 31.7 Å². The van der Waals surface area contributed by atoms with Crippen molar-refractivity contribution in [1.82, 2.24) is 20.0 Å². The number of benzene rings is 2. The minimum absolute atomic E-state index is 0.507. The summed E-state index contributed by atoms with van der Waals surface area (Å²) in [4.78, 5) is 3.28. The third kappa shape index (κ3) is 2.54. The third-order valence-corrected chi connectivity index (χ3v) is 5.31. The highest BCUT2D eigenvalue weighted by molar-refractivity contribution is 5.85. The van der Waals surface area contributed by atoms with E-state index in [-0.39, 0.29) is 0 Å². The van der Waals surface area contributed by atoms with E-state index in [1.165, 1.54) is 53.3 Å². The smallest absolute Gasteiger partial charge is 0.0888 e. The average molecular weight is 328 g/mol. The van der Waals surface area contributed by atoms with Gasteiger partial charge >= 0.3 is 0 Å². The van der Waals surface area contributed by atoms with E-state index in [4.69, 9.17) is 0 Å². The normalized spacial score (nSPS) is 15.2. The van der Waals surface area contributed by atoms with E-state index < -0.39 is 0 Å². The molecule has 0 unspecified atom stereocenters. The van der Waals surface area contributed by atoms with Crippen molar-refractivity contribution in [1.29, 1.82) is 0 Å². The number of H-pyrrole nitrogens is 1. The highest BCUT2D eigenvalue weighted by Crippen LogP contribution is 2.33. The quantitative estimate of drug-likeness (QED) is 0.561. The molecule has 2 aromatic heterocycles. The summed E-state index contributed by atoms with van der Waals surface area (Å²) in [6, 6.07) is 17.9. The van der Waals surface area contributed by atoms with Crippen LogP contribution in [0.3, 0.4) is 0 Å². The lowest BCUT2D eigenvalue weighted by Gasteiger charge is -2.13. The Hall–Kier alpha value is -2.88. The predicted octanol–water partition coefficient (Wildman–Crippen LogP) is 5.21. The molecule has 5 rings (SSSR count). The van der Waals surface area contributed by atoms with Crippen molar-refractivity contribution in [3.63, 3.8) is 0 Å². The monoisotopic (exact) mass is 328 g/mol. The van der Waals surface area contributed by atoms with E-state index in [9.17, 15) is 0 Å². The first-order valence-corrected chi connectivity index (χ1v) is 8.97. The van der Waals surface area contributed by atoms with Crippen LogP contribution in [0, 0.1) is 0 Å². The van der Waals surface area contributed by atoms with Gasteiger partial charge in [-0.25, -0.2) is 4.68 Å². The number of aromatic amines is 1. The summed E-state index contributed by atoms with van der Waals surface area (Å²) in [5.74, 6) is 0. The predicted molar refractivity (Wildman–Crippen MR) is 100 cm³/mol. The molecule has 1 fully saturated rings. The number of hydrogen-bond acceptors (Lipinski definition) is 2. The van der Waals surface area contributed by atoms with Crippen LogP contribution in [0.15, 0.2) is 60.9 Å². The SMILES string of the molecule is c1cc2ccc(-c3ccc(-c4cnnn4C4CCCC4)cc3)cc2[nH]1. The van der Waals surface area contributed by atoms with Crippen LogP contribution in [0.2, 0.25) is 0 Å². The van der Waals surface area contributed by atoms with Gasteiger partial charge in [-0.2, -0.15) is 0 Å². The molecule has 0 saturated heterocycles. The number of nitrogens with zero attached hydrogens (tertiary/aromatic N) is 3. The summed E-state index contributed by atoms with van der Waals surface area (Å²) in [5, 5.41) is 9.75. The van der Waals surface area contributed by atoms with Gasteiger partial charge in [-0.1, -0.05) is 54.5 Å². The molecule has 1 aliphatic carbocycles. The number of hydrogen-bond donors (Lipinski definition) is 1. The van der Waals surface area contributed by atoms with E-state index in [0.29, 0.717) is 6.04 Å². The summed E-state index contributed by atoms with van der Waals surface area (Å²) in [7, 11) is 0. The maximum atomic E-state index is 4.35.